The molecule has 2 aliphatic heterocycles. The summed E-state index contributed by atoms with van der Waals surface area (Å²) in [6, 6.07) is 0. The van der Waals surface area contributed by atoms with Gasteiger partial charge in [-0.05, 0) is 6.92 Å². The molecule has 2 rings (SSSR count). The Hall–Kier alpha value is -0.160. The molecule has 0 saturated carbocycles. The molecule has 2 N–H and O–H groups in total. The molecular formula is C8H16O4. The van der Waals surface area contributed by atoms with E-state index in [0.29, 0.717) is 6.42 Å². The minimum absolute atomic E-state index is 0.203. The Bertz CT molecular complexity index is 117. The largest absolute Gasteiger partial charge is 0.391 e. The zero-order valence-corrected chi connectivity index (χ0v) is 7.27. The zero-order valence-electron chi connectivity index (χ0n) is 7.27. The van der Waals surface area contributed by atoms with Crippen molar-refractivity contribution in [3.8, 4) is 0 Å². The van der Waals surface area contributed by atoms with E-state index in [9.17, 15) is 0 Å². The third kappa shape index (κ3) is 5.49. The lowest BCUT2D eigenvalue weighted by Gasteiger charge is -2.10. The maximum Gasteiger partial charge on any atom is 0.0835 e. The first-order chi connectivity index (χ1) is 5.70. The second-order valence-corrected chi connectivity index (χ2v) is 3.11. The summed E-state index contributed by atoms with van der Waals surface area (Å²) in [5, 5.41) is 17.8. The van der Waals surface area contributed by atoms with Gasteiger partial charge in [-0.3, -0.25) is 0 Å². The van der Waals surface area contributed by atoms with Gasteiger partial charge in [0.25, 0.3) is 0 Å². The topological polar surface area (TPSA) is 65.5 Å². The predicted octanol–water partition coefficient (Wildman–Crippen LogP) is -0.466. The number of rotatable bonds is 3. The molecule has 2 heterocycles. The van der Waals surface area contributed by atoms with Crippen LogP contribution in [0.1, 0.15) is 13.3 Å². The summed E-state index contributed by atoms with van der Waals surface area (Å²) in [6.45, 7) is 4.32. The molecule has 0 bridgehead atoms. The molecule has 2 aliphatic rings. The Balaban J connectivity index is 0.000000200. The van der Waals surface area contributed by atoms with Crippen LogP contribution < -0.4 is 0 Å². The van der Waals surface area contributed by atoms with E-state index in [-0.39, 0.29) is 6.10 Å². The van der Waals surface area contributed by atoms with Crippen LogP contribution in [0.5, 0.6) is 0 Å². The van der Waals surface area contributed by atoms with Gasteiger partial charge in [0, 0.05) is 6.42 Å². The van der Waals surface area contributed by atoms with Crippen LogP contribution in [-0.2, 0) is 9.47 Å². The van der Waals surface area contributed by atoms with Crippen molar-refractivity contribution in [2.45, 2.75) is 31.7 Å². The monoisotopic (exact) mass is 176 g/mol. The minimum Gasteiger partial charge on any atom is -0.391 e. The van der Waals surface area contributed by atoms with Gasteiger partial charge in [0.2, 0.25) is 0 Å². The normalized spacial score (nSPS) is 29.8. The lowest BCUT2D eigenvalue weighted by molar-refractivity contribution is 0.0217. The average Bonchev–Trinajstić information content (AvgIpc) is 2.85. The van der Waals surface area contributed by atoms with E-state index in [2.05, 4.69) is 4.74 Å². The summed E-state index contributed by atoms with van der Waals surface area (Å²) in [6.07, 6.45) is -0.473. The summed E-state index contributed by atoms with van der Waals surface area (Å²) in [4.78, 5) is 0. The molecule has 2 saturated heterocycles. The summed E-state index contributed by atoms with van der Waals surface area (Å²) in [5.41, 5.74) is 0. The number of hydrogen-bond acceptors (Lipinski definition) is 4. The van der Waals surface area contributed by atoms with Crippen LogP contribution in [0, 0.1) is 0 Å². The highest BCUT2D eigenvalue weighted by Gasteiger charge is 2.27. The Kier molecular flexibility index (Phi) is 3.94. The molecule has 2 fully saturated rings. The van der Waals surface area contributed by atoms with Crippen LogP contribution in [0.3, 0.4) is 0 Å². The molecular weight excluding hydrogens is 160 g/mol. The SMILES string of the molecule is C1CO1.CC(O)C(O)CC1CO1. The van der Waals surface area contributed by atoms with Crippen LogP contribution in [0.2, 0.25) is 0 Å². The molecule has 4 nitrogen and oxygen atoms in total. The maximum absolute atomic E-state index is 9.01. The van der Waals surface area contributed by atoms with E-state index in [1.165, 1.54) is 0 Å². The van der Waals surface area contributed by atoms with Gasteiger partial charge in [-0.1, -0.05) is 0 Å². The van der Waals surface area contributed by atoms with Gasteiger partial charge in [-0.2, -0.15) is 0 Å². The van der Waals surface area contributed by atoms with Crippen LogP contribution >= 0.6 is 0 Å². The van der Waals surface area contributed by atoms with Gasteiger partial charge in [0.05, 0.1) is 38.1 Å². The van der Waals surface area contributed by atoms with E-state index < -0.39 is 12.2 Å². The summed E-state index contributed by atoms with van der Waals surface area (Å²) >= 11 is 0. The molecule has 0 radical (unpaired) electrons. The van der Waals surface area contributed by atoms with Crippen molar-refractivity contribution < 1.29 is 19.7 Å². The van der Waals surface area contributed by atoms with Crippen molar-refractivity contribution in [1.82, 2.24) is 0 Å². The molecule has 0 aromatic rings. The predicted molar refractivity (Wildman–Crippen MR) is 42.9 cm³/mol. The molecule has 4 heteroatoms. The zero-order chi connectivity index (χ0) is 8.97. The van der Waals surface area contributed by atoms with Crippen molar-refractivity contribution in [1.29, 1.82) is 0 Å². The molecule has 72 valence electrons. The second kappa shape index (κ2) is 4.77. The summed E-state index contributed by atoms with van der Waals surface area (Å²) < 4.78 is 9.36. The molecule has 3 atom stereocenters. The van der Waals surface area contributed by atoms with E-state index in [1.54, 1.807) is 6.92 Å². The van der Waals surface area contributed by atoms with Crippen molar-refractivity contribution >= 4 is 0 Å². The molecule has 0 aliphatic carbocycles. The average molecular weight is 176 g/mol. The van der Waals surface area contributed by atoms with E-state index in [1.807, 2.05) is 0 Å². The summed E-state index contributed by atoms with van der Waals surface area (Å²) in [7, 11) is 0. The van der Waals surface area contributed by atoms with Gasteiger partial charge in [-0.15, -0.1) is 0 Å². The van der Waals surface area contributed by atoms with Crippen LogP contribution in [0.15, 0.2) is 0 Å². The standard InChI is InChI=1S/C6H12O3.C2H4O/c1-4(7)6(8)2-5-3-9-5;1-2-3-1/h4-8H,2-3H2,1H3;1-2H2. The highest BCUT2D eigenvalue weighted by molar-refractivity contribution is 4.75. The third-order valence-corrected chi connectivity index (χ3v) is 1.67. The minimum atomic E-state index is -0.630. The molecule has 0 spiro atoms. The molecule has 3 unspecified atom stereocenters. The number of aliphatic hydroxyl groups excluding tert-OH is 2. The van der Waals surface area contributed by atoms with Gasteiger partial charge in [0.1, 0.15) is 0 Å². The Morgan fingerprint density at radius 3 is 2.17 bits per heavy atom. The van der Waals surface area contributed by atoms with Crippen LogP contribution in [0.4, 0.5) is 0 Å². The molecule has 0 aromatic heterocycles. The number of hydrogen-bond donors (Lipinski definition) is 2. The smallest absolute Gasteiger partial charge is 0.0835 e. The first-order valence-electron chi connectivity index (χ1n) is 4.25. The molecule has 12 heavy (non-hydrogen) atoms. The summed E-state index contributed by atoms with van der Waals surface area (Å²) in [5.74, 6) is 0. The fraction of sp³-hybridized carbons (Fsp3) is 1.00. The fourth-order valence-corrected chi connectivity index (χ4v) is 0.670. The number of epoxide rings is 2. The molecule has 0 aromatic carbocycles. The fourth-order valence-electron chi connectivity index (χ4n) is 0.670. The van der Waals surface area contributed by atoms with E-state index in [4.69, 9.17) is 14.9 Å². The van der Waals surface area contributed by atoms with Crippen molar-refractivity contribution in [2.24, 2.45) is 0 Å². The van der Waals surface area contributed by atoms with Gasteiger partial charge in [0.15, 0.2) is 0 Å². The first-order valence-corrected chi connectivity index (χ1v) is 4.25. The van der Waals surface area contributed by atoms with Crippen molar-refractivity contribution in [3.05, 3.63) is 0 Å². The Labute approximate surface area is 72.1 Å². The quantitative estimate of drug-likeness (QED) is 0.571. The lowest BCUT2D eigenvalue weighted by Crippen LogP contribution is -2.23. The second-order valence-electron chi connectivity index (χ2n) is 3.11. The van der Waals surface area contributed by atoms with Crippen molar-refractivity contribution in [3.63, 3.8) is 0 Å². The van der Waals surface area contributed by atoms with Gasteiger partial charge >= 0.3 is 0 Å². The van der Waals surface area contributed by atoms with Crippen molar-refractivity contribution in [2.75, 3.05) is 19.8 Å². The third-order valence-electron chi connectivity index (χ3n) is 1.67. The Morgan fingerprint density at radius 2 is 1.92 bits per heavy atom. The van der Waals surface area contributed by atoms with Crippen LogP contribution in [-0.4, -0.2) is 48.3 Å². The molecule has 0 amide bonds. The number of aliphatic hydroxyl groups is 2. The van der Waals surface area contributed by atoms with Gasteiger partial charge in [-0.25, -0.2) is 0 Å². The first kappa shape index (κ1) is 9.92. The van der Waals surface area contributed by atoms with Gasteiger partial charge < -0.3 is 19.7 Å². The highest BCUT2D eigenvalue weighted by Crippen LogP contribution is 2.16. The van der Waals surface area contributed by atoms with E-state index in [0.717, 1.165) is 19.8 Å². The maximum atomic E-state index is 9.01. The number of ether oxygens (including phenoxy) is 2. The Morgan fingerprint density at radius 1 is 1.42 bits per heavy atom. The van der Waals surface area contributed by atoms with Crippen LogP contribution in [0.25, 0.3) is 0 Å². The highest BCUT2D eigenvalue weighted by atomic mass is 16.6. The lowest BCUT2D eigenvalue weighted by atomic mass is 10.1. The van der Waals surface area contributed by atoms with E-state index >= 15 is 0 Å².